The zero-order valence-electron chi connectivity index (χ0n) is 7.69. The van der Waals surface area contributed by atoms with Crippen LogP contribution in [0.15, 0.2) is 23.1 Å². The van der Waals surface area contributed by atoms with Gasteiger partial charge in [-0.2, -0.15) is 0 Å². The molecule has 2 heterocycles. The topological polar surface area (TPSA) is 39.1 Å². The highest BCUT2D eigenvalue weighted by atomic mass is 32.1. The van der Waals surface area contributed by atoms with Crippen LogP contribution < -0.4 is 5.43 Å². The molecule has 0 radical (unpaired) electrons. The minimum atomic E-state index is -0.0194. The Labute approximate surface area is 84.6 Å². The zero-order chi connectivity index (χ0) is 10.1. The predicted molar refractivity (Wildman–Crippen MR) is 57.1 cm³/mol. The fourth-order valence-corrected chi connectivity index (χ4v) is 2.44. The molecule has 0 bridgehead atoms. The number of pyridine rings is 1. The summed E-state index contributed by atoms with van der Waals surface area (Å²) in [6.45, 7) is 2.81. The summed E-state index contributed by atoms with van der Waals surface area (Å²) in [5.41, 5.74) is -0.0194. The molecule has 0 N–H and O–H groups in total. The van der Waals surface area contributed by atoms with Gasteiger partial charge in [-0.3, -0.25) is 9.59 Å². The summed E-state index contributed by atoms with van der Waals surface area (Å²) in [6.07, 6.45) is 2.54. The van der Waals surface area contributed by atoms with Crippen molar-refractivity contribution in [3.63, 3.8) is 0 Å². The van der Waals surface area contributed by atoms with Gasteiger partial charge >= 0.3 is 0 Å². The van der Waals surface area contributed by atoms with Gasteiger partial charge in [0.1, 0.15) is 4.83 Å². The maximum atomic E-state index is 11.5. The molecule has 0 atom stereocenters. The third-order valence-corrected chi connectivity index (χ3v) is 3.22. The molecule has 0 aliphatic rings. The molecule has 3 nitrogen and oxygen atoms in total. The number of hydrogen-bond donors (Lipinski definition) is 0. The Morgan fingerprint density at radius 3 is 3.00 bits per heavy atom. The molecule has 0 aromatic carbocycles. The molecule has 2 aromatic rings. The van der Waals surface area contributed by atoms with E-state index in [9.17, 15) is 9.59 Å². The highest BCUT2D eigenvalue weighted by molar-refractivity contribution is 7.20. The largest absolute Gasteiger partial charge is 0.339 e. The average molecular weight is 207 g/mol. The maximum absolute atomic E-state index is 11.5. The summed E-state index contributed by atoms with van der Waals surface area (Å²) in [4.78, 5) is 23.5. The third kappa shape index (κ3) is 1.28. The van der Waals surface area contributed by atoms with Gasteiger partial charge in [-0.05, 0) is 13.0 Å². The van der Waals surface area contributed by atoms with Gasteiger partial charge in [0.2, 0.25) is 0 Å². The Morgan fingerprint density at radius 2 is 2.36 bits per heavy atom. The van der Waals surface area contributed by atoms with Gasteiger partial charge in [0.25, 0.3) is 0 Å². The van der Waals surface area contributed by atoms with Crippen molar-refractivity contribution in [1.82, 2.24) is 4.57 Å². The second-order valence-electron chi connectivity index (χ2n) is 2.95. The first kappa shape index (κ1) is 9.15. The van der Waals surface area contributed by atoms with Crippen LogP contribution in [0.1, 0.15) is 16.6 Å². The van der Waals surface area contributed by atoms with Crippen molar-refractivity contribution in [2.24, 2.45) is 0 Å². The van der Waals surface area contributed by atoms with E-state index in [1.54, 1.807) is 12.3 Å². The van der Waals surface area contributed by atoms with Crippen LogP contribution in [0.25, 0.3) is 10.2 Å². The van der Waals surface area contributed by atoms with E-state index >= 15 is 0 Å². The van der Waals surface area contributed by atoms with Crippen LogP contribution in [0.5, 0.6) is 0 Å². The summed E-state index contributed by atoms with van der Waals surface area (Å²) < 4.78 is 1.97. The molecule has 0 fully saturated rings. The lowest BCUT2D eigenvalue weighted by Crippen LogP contribution is -2.04. The van der Waals surface area contributed by atoms with Crippen LogP contribution in [0.2, 0.25) is 0 Å². The molecular weight excluding hydrogens is 198 g/mol. The van der Waals surface area contributed by atoms with Crippen molar-refractivity contribution in [3.05, 3.63) is 33.4 Å². The quantitative estimate of drug-likeness (QED) is 0.705. The van der Waals surface area contributed by atoms with Crippen LogP contribution in [0, 0.1) is 0 Å². The number of fused-ring (bicyclic) bond motifs is 1. The van der Waals surface area contributed by atoms with Gasteiger partial charge in [0.05, 0.1) is 10.3 Å². The molecule has 0 aliphatic heterocycles. The van der Waals surface area contributed by atoms with Crippen molar-refractivity contribution in [2.75, 3.05) is 0 Å². The summed E-state index contributed by atoms with van der Waals surface area (Å²) in [6, 6.07) is 3.19. The lowest BCUT2D eigenvalue weighted by atomic mass is 10.3. The van der Waals surface area contributed by atoms with E-state index in [-0.39, 0.29) is 5.43 Å². The molecule has 2 rings (SSSR count). The lowest BCUT2D eigenvalue weighted by Gasteiger charge is -2.02. The Morgan fingerprint density at radius 1 is 1.57 bits per heavy atom. The first-order valence-electron chi connectivity index (χ1n) is 4.34. The molecule has 0 spiro atoms. The summed E-state index contributed by atoms with van der Waals surface area (Å²) in [5.74, 6) is 0. The van der Waals surface area contributed by atoms with Crippen molar-refractivity contribution < 1.29 is 4.79 Å². The van der Waals surface area contributed by atoms with E-state index in [0.29, 0.717) is 10.3 Å². The Bertz CT molecular complexity index is 539. The summed E-state index contributed by atoms with van der Waals surface area (Å²) >= 11 is 1.36. The first-order valence-corrected chi connectivity index (χ1v) is 5.16. The van der Waals surface area contributed by atoms with E-state index in [4.69, 9.17) is 0 Å². The lowest BCUT2D eigenvalue weighted by molar-refractivity contribution is 0.112. The van der Waals surface area contributed by atoms with Crippen LogP contribution in [-0.4, -0.2) is 10.9 Å². The van der Waals surface area contributed by atoms with Crippen molar-refractivity contribution in [2.45, 2.75) is 13.5 Å². The number of aryl methyl sites for hydroxylation is 1. The van der Waals surface area contributed by atoms with Gasteiger partial charge in [0.15, 0.2) is 11.7 Å². The Balaban J connectivity index is 2.88. The van der Waals surface area contributed by atoms with Gasteiger partial charge in [-0.1, -0.05) is 0 Å². The first-order chi connectivity index (χ1) is 6.76. The summed E-state index contributed by atoms with van der Waals surface area (Å²) in [5, 5.41) is 0.640. The molecule has 2 aromatic heterocycles. The predicted octanol–water partition coefficient (Wildman–Crippen LogP) is 1.90. The summed E-state index contributed by atoms with van der Waals surface area (Å²) in [7, 11) is 0. The van der Waals surface area contributed by atoms with E-state index in [1.165, 1.54) is 17.4 Å². The molecule has 0 aliphatic carbocycles. The van der Waals surface area contributed by atoms with Gasteiger partial charge in [-0.15, -0.1) is 11.3 Å². The van der Waals surface area contributed by atoms with E-state index in [1.807, 2.05) is 11.5 Å². The fraction of sp³-hybridized carbons (Fsp3) is 0.200. The van der Waals surface area contributed by atoms with E-state index in [0.717, 1.165) is 17.7 Å². The Kier molecular flexibility index (Phi) is 2.21. The van der Waals surface area contributed by atoms with Crippen molar-refractivity contribution in [3.8, 4) is 0 Å². The maximum Gasteiger partial charge on any atom is 0.190 e. The number of carbonyl (C=O) groups excluding carboxylic acids is 1. The third-order valence-electron chi connectivity index (χ3n) is 2.12. The highest BCUT2D eigenvalue weighted by Crippen LogP contribution is 2.21. The van der Waals surface area contributed by atoms with Crippen molar-refractivity contribution in [1.29, 1.82) is 0 Å². The van der Waals surface area contributed by atoms with Crippen molar-refractivity contribution >= 4 is 27.8 Å². The van der Waals surface area contributed by atoms with Gasteiger partial charge in [0, 0.05) is 18.8 Å². The fourth-order valence-electron chi connectivity index (χ4n) is 1.41. The van der Waals surface area contributed by atoms with E-state index < -0.39 is 0 Å². The van der Waals surface area contributed by atoms with Crippen LogP contribution in [0.4, 0.5) is 0 Å². The molecule has 0 saturated heterocycles. The standard InChI is InChI=1S/C10H9NO2S/c1-2-11-4-3-9(13)8-5-7(6-12)14-10(8)11/h3-6H,2H2,1H3. The molecule has 0 amide bonds. The molecule has 0 unspecified atom stereocenters. The number of rotatable bonds is 2. The van der Waals surface area contributed by atoms with E-state index in [2.05, 4.69) is 0 Å². The molecular formula is C10H9NO2S. The van der Waals surface area contributed by atoms with Crippen LogP contribution in [0.3, 0.4) is 0 Å². The molecule has 14 heavy (non-hydrogen) atoms. The van der Waals surface area contributed by atoms with Crippen LogP contribution in [-0.2, 0) is 6.54 Å². The van der Waals surface area contributed by atoms with Gasteiger partial charge < -0.3 is 4.57 Å². The SMILES string of the molecule is CCn1ccc(=O)c2cc(C=O)sc21. The minimum Gasteiger partial charge on any atom is -0.339 e. The second-order valence-corrected chi connectivity index (χ2v) is 4.01. The minimum absolute atomic E-state index is 0.0194. The van der Waals surface area contributed by atoms with Gasteiger partial charge in [-0.25, -0.2) is 0 Å². The number of thiophene rings is 1. The number of carbonyl (C=O) groups is 1. The Hall–Kier alpha value is -1.42. The molecule has 4 heteroatoms. The second kappa shape index (κ2) is 3.38. The number of nitrogens with zero attached hydrogens (tertiary/aromatic N) is 1. The number of aromatic nitrogens is 1. The molecule has 72 valence electrons. The monoisotopic (exact) mass is 207 g/mol. The highest BCUT2D eigenvalue weighted by Gasteiger charge is 2.06. The normalized spacial score (nSPS) is 10.6. The molecule has 0 saturated carbocycles. The number of hydrogen-bond acceptors (Lipinski definition) is 3. The number of aldehydes is 1. The average Bonchev–Trinajstić information content (AvgIpc) is 2.63. The smallest absolute Gasteiger partial charge is 0.190 e. The van der Waals surface area contributed by atoms with Crippen LogP contribution >= 0.6 is 11.3 Å². The zero-order valence-corrected chi connectivity index (χ0v) is 8.50.